The zero-order chi connectivity index (χ0) is 17.9. The number of hydrogen-bond donors (Lipinski definition) is 1. The van der Waals surface area contributed by atoms with Gasteiger partial charge in [0.05, 0.1) is 0 Å². The van der Waals surface area contributed by atoms with Crippen molar-refractivity contribution in [2.75, 3.05) is 0 Å². The Morgan fingerprint density at radius 3 is 2.25 bits per heavy atom. The number of carbonyl (C=O) groups excluding carboxylic acids is 2. The first kappa shape index (κ1) is 18.1. The molecule has 0 aliphatic carbocycles. The molecule has 0 bridgehead atoms. The van der Waals surface area contributed by atoms with Crippen LogP contribution < -0.4 is 10.1 Å². The maximum Gasteiger partial charge on any atom is 0.413 e. The van der Waals surface area contributed by atoms with Crippen LogP contribution >= 0.6 is 15.9 Å². The van der Waals surface area contributed by atoms with Gasteiger partial charge in [-0.1, -0.05) is 0 Å². The van der Waals surface area contributed by atoms with E-state index in [1.54, 1.807) is 12.1 Å². The lowest BCUT2D eigenvalue weighted by Gasteiger charge is -2.19. The van der Waals surface area contributed by atoms with Crippen LogP contribution in [-0.2, 0) is 0 Å². The third-order valence-corrected chi connectivity index (χ3v) is 3.64. The van der Waals surface area contributed by atoms with Gasteiger partial charge < -0.3 is 10.1 Å². The van der Waals surface area contributed by atoms with Crippen LogP contribution in [0.1, 0.15) is 36.7 Å². The Morgan fingerprint density at radius 1 is 1.08 bits per heavy atom. The smallest absolute Gasteiger partial charge is 0.410 e. The minimum absolute atomic E-state index is 0.257. The number of rotatable bonds is 3. The van der Waals surface area contributed by atoms with Crippen molar-refractivity contribution < 1.29 is 18.7 Å². The number of hydrogen-bond acceptors (Lipinski definition) is 3. The van der Waals surface area contributed by atoms with E-state index in [1.807, 2.05) is 20.8 Å². The summed E-state index contributed by atoms with van der Waals surface area (Å²) in [5.74, 6) is -0.355. The molecule has 0 fully saturated rings. The quantitative estimate of drug-likeness (QED) is 0.768. The average molecular weight is 394 g/mol. The van der Waals surface area contributed by atoms with Gasteiger partial charge in [-0.15, -0.1) is 0 Å². The first-order chi connectivity index (χ1) is 11.2. The molecule has 2 aromatic carbocycles. The normalized spacial score (nSPS) is 11.0. The predicted molar refractivity (Wildman–Crippen MR) is 92.9 cm³/mol. The Balaban J connectivity index is 2.16. The Bertz CT molecular complexity index is 767. The zero-order valence-electron chi connectivity index (χ0n) is 13.5. The number of nitrogens with one attached hydrogen (secondary N) is 1. The van der Waals surface area contributed by atoms with Crippen molar-refractivity contribution in [1.82, 2.24) is 5.32 Å². The van der Waals surface area contributed by atoms with Crippen LogP contribution in [0.25, 0.3) is 0 Å². The molecule has 24 heavy (non-hydrogen) atoms. The van der Waals surface area contributed by atoms with Crippen LogP contribution in [0.2, 0.25) is 0 Å². The van der Waals surface area contributed by atoms with Gasteiger partial charge in [-0.3, -0.25) is 4.79 Å². The third-order valence-electron chi connectivity index (χ3n) is 2.98. The lowest BCUT2D eigenvalue weighted by Crippen LogP contribution is -2.42. The fourth-order valence-electron chi connectivity index (χ4n) is 1.94. The van der Waals surface area contributed by atoms with Crippen molar-refractivity contribution in [1.29, 1.82) is 0 Å². The molecular formula is C18H17BrFNO3. The number of amides is 1. The molecule has 2 rings (SSSR count). The number of carbonyl (C=O) groups is 2. The summed E-state index contributed by atoms with van der Waals surface area (Å²) in [5, 5.41) is 2.68. The Kier molecular flexibility index (Phi) is 5.39. The summed E-state index contributed by atoms with van der Waals surface area (Å²) in [7, 11) is 0. The van der Waals surface area contributed by atoms with Crippen molar-refractivity contribution in [3.05, 3.63) is 63.9 Å². The average Bonchev–Trinajstić information content (AvgIpc) is 2.45. The van der Waals surface area contributed by atoms with Crippen LogP contribution in [0, 0.1) is 5.82 Å². The summed E-state index contributed by atoms with van der Waals surface area (Å²) in [5.41, 5.74) is 0.355. The lowest BCUT2D eigenvalue weighted by molar-refractivity contribution is 0.103. The molecule has 6 heteroatoms. The van der Waals surface area contributed by atoms with E-state index in [1.165, 1.54) is 30.3 Å². The second-order valence-electron chi connectivity index (χ2n) is 6.24. The van der Waals surface area contributed by atoms with E-state index in [0.717, 1.165) is 0 Å². The number of ether oxygens (including phenoxy) is 1. The van der Waals surface area contributed by atoms with E-state index in [-0.39, 0.29) is 5.78 Å². The van der Waals surface area contributed by atoms with Gasteiger partial charge in [-0.25, -0.2) is 9.18 Å². The minimum Gasteiger partial charge on any atom is -0.410 e. The van der Waals surface area contributed by atoms with Crippen molar-refractivity contribution in [3.8, 4) is 5.75 Å². The molecule has 0 aromatic heterocycles. The molecule has 1 amide bonds. The fraction of sp³-hybridized carbons (Fsp3) is 0.222. The molecule has 0 atom stereocenters. The number of benzene rings is 2. The second-order valence-corrected chi connectivity index (χ2v) is 7.10. The predicted octanol–water partition coefficient (Wildman–Crippen LogP) is 4.71. The molecule has 0 heterocycles. The minimum atomic E-state index is -0.577. The van der Waals surface area contributed by atoms with Crippen molar-refractivity contribution in [2.24, 2.45) is 0 Å². The van der Waals surface area contributed by atoms with E-state index in [9.17, 15) is 14.0 Å². The topological polar surface area (TPSA) is 55.4 Å². The van der Waals surface area contributed by atoms with E-state index in [2.05, 4.69) is 21.2 Å². The molecule has 4 nitrogen and oxygen atoms in total. The highest BCUT2D eigenvalue weighted by atomic mass is 79.9. The van der Waals surface area contributed by atoms with Crippen molar-refractivity contribution in [2.45, 2.75) is 26.3 Å². The molecule has 126 valence electrons. The summed E-state index contributed by atoms with van der Waals surface area (Å²) < 4.78 is 18.6. The molecule has 0 aliphatic rings. The van der Waals surface area contributed by atoms with Gasteiger partial charge in [0.25, 0.3) is 0 Å². The molecule has 0 radical (unpaired) electrons. The van der Waals surface area contributed by atoms with Gasteiger partial charge in [-0.05, 0) is 79.2 Å². The largest absolute Gasteiger partial charge is 0.413 e. The van der Waals surface area contributed by atoms with E-state index in [4.69, 9.17) is 4.74 Å². The maximum atomic E-state index is 12.9. The molecular weight excluding hydrogens is 377 g/mol. The third kappa shape index (κ3) is 4.89. The monoisotopic (exact) mass is 393 g/mol. The summed E-state index contributed by atoms with van der Waals surface area (Å²) in [6.45, 7) is 5.53. The van der Waals surface area contributed by atoms with Crippen LogP contribution in [0.15, 0.2) is 46.9 Å². The first-order valence-electron chi connectivity index (χ1n) is 7.25. The van der Waals surface area contributed by atoms with Gasteiger partial charge in [0.1, 0.15) is 11.6 Å². The number of ketones is 1. The van der Waals surface area contributed by atoms with Crippen molar-refractivity contribution >= 4 is 27.8 Å². The highest BCUT2D eigenvalue weighted by Gasteiger charge is 2.17. The first-order valence-corrected chi connectivity index (χ1v) is 8.05. The highest BCUT2D eigenvalue weighted by molar-refractivity contribution is 9.10. The molecule has 1 N–H and O–H groups in total. The Morgan fingerprint density at radius 2 is 1.71 bits per heavy atom. The molecule has 0 saturated carbocycles. The molecule has 0 spiro atoms. The van der Waals surface area contributed by atoms with E-state index >= 15 is 0 Å². The van der Waals surface area contributed by atoms with Crippen LogP contribution in [0.5, 0.6) is 5.75 Å². The lowest BCUT2D eigenvalue weighted by atomic mass is 10.0. The summed E-state index contributed by atoms with van der Waals surface area (Å²) >= 11 is 3.30. The Hall–Kier alpha value is -2.21. The van der Waals surface area contributed by atoms with E-state index in [0.29, 0.717) is 21.3 Å². The summed E-state index contributed by atoms with van der Waals surface area (Å²) in [4.78, 5) is 24.2. The highest BCUT2D eigenvalue weighted by Crippen LogP contribution is 2.25. The zero-order valence-corrected chi connectivity index (χ0v) is 15.1. The molecule has 0 unspecified atom stereocenters. The summed E-state index contributed by atoms with van der Waals surface area (Å²) in [6.07, 6.45) is -0.577. The van der Waals surface area contributed by atoms with Gasteiger partial charge in [0.2, 0.25) is 0 Å². The van der Waals surface area contributed by atoms with Gasteiger partial charge >= 0.3 is 6.09 Å². The maximum absolute atomic E-state index is 12.9. The van der Waals surface area contributed by atoms with Crippen molar-refractivity contribution in [3.63, 3.8) is 0 Å². The van der Waals surface area contributed by atoms with Crippen LogP contribution in [-0.4, -0.2) is 17.4 Å². The van der Waals surface area contributed by atoms with E-state index < -0.39 is 17.4 Å². The second kappa shape index (κ2) is 7.13. The Labute approximate surface area is 148 Å². The number of halogens is 2. The van der Waals surface area contributed by atoms with Gasteiger partial charge in [0, 0.05) is 21.1 Å². The standard InChI is InChI=1S/C18H17BrFNO3/c1-18(2,3)21-17(23)24-13-8-9-14(15(19)10-13)16(22)11-4-6-12(20)7-5-11/h4-10H,1-3H3,(H,21,23). The van der Waals surface area contributed by atoms with Crippen LogP contribution in [0.4, 0.5) is 9.18 Å². The SMILES string of the molecule is CC(C)(C)NC(=O)Oc1ccc(C(=O)c2ccc(F)cc2)c(Br)c1. The fourth-order valence-corrected chi connectivity index (χ4v) is 2.48. The molecule has 2 aromatic rings. The van der Waals surface area contributed by atoms with Crippen LogP contribution in [0.3, 0.4) is 0 Å². The van der Waals surface area contributed by atoms with Gasteiger partial charge in [0.15, 0.2) is 5.78 Å². The molecule has 0 aliphatic heterocycles. The molecule has 0 saturated heterocycles. The van der Waals surface area contributed by atoms with Gasteiger partial charge in [-0.2, -0.15) is 0 Å². The summed E-state index contributed by atoms with van der Waals surface area (Å²) in [6, 6.07) is 9.93.